The van der Waals surface area contributed by atoms with E-state index in [1.54, 1.807) is 60.2 Å². The third kappa shape index (κ3) is 5.07. The van der Waals surface area contributed by atoms with E-state index in [0.717, 1.165) is 10.4 Å². The Bertz CT molecular complexity index is 1140. The van der Waals surface area contributed by atoms with Crippen molar-refractivity contribution in [3.63, 3.8) is 0 Å². The quantitative estimate of drug-likeness (QED) is 0.311. The number of nitrogens with zero attached hydrogens (tertiary/aromatic N) is 3. The molecule has 1 aliphatic rings. The van der Waals surface area contributed by atoms with Gasteiger partial charge in [0.25, 0.3) is 5.91 Å². The Morgan fingerprint density at radius 3 is 2.90 bits per heavy atom. The second-order valence-electron chi connectivity index (χ2n) is 6.38. The number of phenols is 1. The number of thiophene rings is 1. The van der Waals surface area contributed by atoms with Crippen LogP contribution in [0.3, 0.4) is 0 Å². The van der Waals surface area contributed by atoms with Crippen molar-refractivity contribution < 1.29 is 19.1 Å². The van der Waals surface area contributed by atoms with Crippen molar-refractivity contribution in [1.29, 1.82) is 0 Å². The van der Waals surface area contributed by atoms with Crippen LogP contribution in [0, 0.1) is 0 Å². The zero-order valence-corrected chi connectivity index (χ0v) is 18.2. The first-order valence-electron chi connectivity index (χ1n) is 9.48. The van der Waals surface area contributed by atoms with Crippen molar-refractivity contribution in [2.45, 2.75) is 13.5 Å². The smallest absolute Gasteiger partial charge is 0.267 e. The Hall–Kier alpha value is -3.30. The maximum absolute atomic E-state index is 13.1. The van der Waals surface area contributed by atoms with Crippen LogP contribution in [-0.2, 0) is 11.3 Å². The van der Waals surface area contributed by atoms with Gasteiger partial charge in [-0.25, -0.2) is 0 Å². The van der Waals surface area contributed by atoms with Crippen molar-refractivity contribution in [2.75, 3.05) is 6.61 Å². The summed E-state index contributed by atoms with van der Waals surface area (Å²) in [6, 6.07) is 12.4. The van der Waals surface area contributed by atoms with Gasteiger partial charge in [0, 0.05) is 4.88 Å². The lowest BCUT2D eigenvalue weighted by Gasteiger charge is -2.12. The van der Waals surface area contributed by atoms with E-state index in [0.29, 0.717) is 28.2 Å². The van der Waals surface area contributed by atoms with E-state index in [-0.39, 0.29) is 18.2 Å². The van der Waals surface area contributed by atoms with Crippen LogP contribution in [0.4, 0.5) is 0 Å². The van der Waals surface area contributed by atoms with Gasteiger partial charge in [-0.3, -0.25) is 9.69 Å². The van der Waals surface area contributed by atoms with Crippen molar-refractivity contribution in [3.05, 3.63) is 75.2 Å². The minimum atomic E-state index is -0.197. The molecule has 0 bridgehead atoms. The Kier molecular flexibility index (Phi) is 6.54. The molecule has 3 aromatic rings. The highest BCUT2D eigenvalue weighted by Crippen LogP contribution is 2.35. The molecule has 0 spiro atoms. The maximum atomic E-state index is 13.1. The van der Waals surface area contributed by atoms with E-state index in [2.05, 4.69) is 10.2 Å². The molecule has 3 heterocycles. The van der Waals surface area contributed by atoms with Gasteiger partial charge >= 0.3 is 0 Å². The van der Waals surface area contributed by atoms with Crippen molar-refractivity contribution >= 4 is 46.5 Å². The molecule has 0 unspecified atom stereocenters. The van der Waals surface area contributed by atoms with Crippen molar-refractivity contribution in [1.82, 2.24) is 4.90 Å². The summed E-state index contributed by atoms with van der Waals surface area (Å²) in [4.78, 5) is 16.1. The second kappa shape index (κ2) is 9.67. The molecule has 1 fully saturated rings. The van der Waals surface area contributed by atoms with Gasteiger partial charge in [0.2, 0.25) is 0 Å². The van der Waals surface area contributed by atoms with Gasteiger partial charge in [0.1, 0.15) is 5.76 Å². The Morgan fingerprint density at radius 2 is 2.16 bits per heavy atom. The highest BCUT2D eigenvalue weighted by atomic mass is 32.2. The summed E-state index contributed by atoms with van der Waals surface area (Å²) in [6.07, 6.45) is 4.97. The van der Waals surface area contributed by atoms with E-state index in [1.165, 1.54) is 16.7 Å². The van der Waals surface area contributed by atoms with Crippen molar-refractivity contribution in [2.24, 2.45) is 10.2 Å². The molecule has 158 valence electrons. The normalized spacial score (nSPS) is 16.8. The van der Waals surface area contributed by atoms with Crippen LogP contribution in [-0.4, -0.2) is 33.9 Å². The molecule has 1 aliphatic heterocycles. The molecule has 0 saturated carbocycles. The number of aromatic hydroxyl groups is 1. The molecule has 0 radical (unpaired) electrons. The summed E-state index contributed by atoms with van der Waals surface area (Å²) in [5.74, 6) is 0.874. The van der Waals surface area contributed by atoms with Gasteiger partial charge in [-0.05, 0) is 66.0 Å². The van der Waals surface area contributed by atoms with Crippen LogP contribution in [0.25, 0.3) is 6.08 Å². The van der Waals surface area contributed by atoms with Gasteiger partial charge in [0.15, 0.2) is 16.7 Å². The average Bonchev–Trinajstić information content (AvgIpc) is 3.51. The van der Waals surface area contributed by atoms with Gasteiger partial charge in [-0.2, -0.15) is 5.10 Å². The average molecular weight is 454 g/mol. The lowest BCUT2D eigenvalue weighted by Crippen LogP contribution is -2.28. The minimum absolute atomic E-state index is 0.0546. The fourth-order valence-electron chi connectivity index (χ4n) is 2.82. The molecule has 4 rings (SSSR count). The minimum Gasteiger partial charge on any atom is -0.504 e. The summed E-state index contributed by atoms with van der Waals surface area (Å²) in [5.41, 5.74) is 0.735. The first-order chi connectivity index (χ1) is 15.1. The maximum Gasteiger partial charge on any atom is 0.267 e. The molecule has 1 saturated heterocycles. The number of hydrogen-bond acceptors (Lipinski definition) is 8. The standard InChI is InChI=1S/C22H19N3O4S2/c1-2-28-19-11-15(7-8-18(19)26)12-20-21(27)25(14-16-5-3-9-29-16)22(31-20)24-23-13-17-6-4-10-30-17/h3-13,26H,2,14H2,1H3/b20-12-,23-13-,24-22+. The van der Waals surface area contributed by atoms with Crippen LogP contribution in [0.1, 0.15) is 23.1 Å². The van der Waals surface area contributed by atoms with E-state index in [1.807, 2.05) is 24.4 Å². The summed E-state index contributed by atoms with van der Waals surface area (Å²) < 4.78 is 10.8. The number of amidine groups is 1. The number of carbonyl (C=O) groups is 1. The SMILES string of the molecule is CCOc1cc(/C=C2\S/C(=N/N=C\c3cccs3)N(Cc3ccco3)C2=O)ccc1O. The van der Waals surface area contributed by atoms with Crippen LogP contribution in [0.5, 0.6) is 11.5 Å². The largest absolute Gasteiger partial charge is 0.504 e. The van der Waals surface area contributed by atoms with Crippen LogP contribution in [0.2, 0.25) is 0 Å². The summed E-state index contributed by atoms with van der Waals surface area (Å²) in [6.45, 7) is 2.52. The molecule has 1 amide bonds. The molecule has 1 aromatic carbocycles. The summed E-state index contributed by atoms with van der Waals surface area (Å²) in [7, 11) is 0. The van der Waals surface area contributed by atoms with E-state index in [4.69, 9.17) is 9.15 Å². The predicted octanol–water partition coefficient (Wildman–Crippen LogP) is 4.95. The molecule has 7 nitrogen and oxygen atoms in total. The zero-order valence-electron chi connectivity index (χ0n) is 16.6. The van der Waals surface area contributed by atoms with Crippen molar-refractivity contribution in [3.8, 4) is 11.5 Å². The first-order valence-corrected chi connectivity index (χ1v) is 11.2. The van der Waals surface area contributed by atoms with Crippen LogP contribution < -0.4 is 4.74 Å². The highest BCUT2D eigenvalue weighted by molar-refractivity contribution is 8.18. The number of thioether (sulfide) groups is 1. The van der Waals surface area contributed by atoms with E-state index >= 15 is 0 Å². The number of benzene rings is 1. The van der Waals surface area contributed by atoms with Crippen LogP contribution in [0.15, 0.2) is 73.6 Å². The number of phenolic OH excluding ortho intramolecular Hbond substituents is 1. The Labute approximate surface area is 187 Å². The van der Waals surface area contributed by atoms with Gasteiger partial charge in [-0.15, -0.1) is 16.4 Å². The van der Waals surface area contributed by atoms with E-state index < -0.39 is 0 Å². The topological polar surface area (TPSA) is 87.6 Å². The molecule has 2 aromatic heterocycles. The highest BCUT2D eigenvalue weighted by Gasteiger charge is 2.34. The summed E-state index contributed by atoms with van der Waals surface area (Å²) >= 11 is 2.79. The fourth-order valence-corrected chi connectivity index (χ4v) is 4.34. The monoisotopic (exact) mass is 453 g/mol. The Morgan fingerprint density at radius 1 is 1.26 bits per heavy atom. The number of furan rings is 1. The molecule has 0 aliphatic carbocycles. The Balaban J connectivity index is 1.62. The number of rotatable bonds is 7. The number of amides is 1. The molecule has 9 heteroatoms. The van der Waals surface area contributed by atoms with E-state index in [9.17, 15) is 9.90 Å². The lowest BCUT2D eigenvalue weighted by atomic mass is 10.2. The number of ether oxygens (including phenoxy) is 1. The third-order valence-corrected chi connectivity index (χ3v) is 6.04. The lowest BCUT2D eigenvalue weighted by molar-refractivity contribution is -0.122. The second-order valence-corrected chi connectivity index (χ2v) is 8.37. The molecular formula is C22H19N3O4S2. The molecule has 1 N–H and O–H groups in total. The van der Waals surface area contributed by atoms with Gasteiger partial charge in [-0.1, -0.05) is 12.1 Å². The molecule has 31 heavy (non-hydrogen) atoms. The van der Waals surface area contributed by atoms with Gasteiger partial charge < -0.3 is 14.3 Å². The summed E-state index contributed by atoms with van der Waals surface area (Å²) in [5, 5.41) is 20.8. The van der Waals surface area contributed by atoms with Crippen LogP contribution >= 0.6 is 23.1 Å². The third-order valence-electron chi connectivity index (χ3n) is 4.24. The fraction of sp³-hybridized carbons (Fsp3) is 0.136. The first kappa shape index (κ1) is 21.0. The molecular weight excluding hydrogens is 434 g/mol. The number of hydrogen-bond donors (Lipinski definition) is 1. The number of carbonyl (C=O) groups excluding carboxylic acids is 1. The molecule has 0 atom stereocenters. The predicted molar refractivity (Wildman–Crippen MR) is 123 cm³/mol. The van der Waals surface area contributed by atoms with Gasteiger partial charge in [0.05, 0.1) is 30.5 Å². The zero-order chi connectivity index (χ0) is 21.6.